The summed E-state index contributed by atoms with van der Waals surface area (Å²) in [5.41, 5.74) is 8.55. The van der Waals surface area contributed by atoms with Crippen LogP contribution in [0.5, 0.6) is 0 Å². The molecule has 2 aromatic carbocycles. The molecule has 1 aromatic heterocycles. The molecule has 154 valence electrons. The maximum absolute atomic E-state index is 12.8. The Morgan fingerprint density at radius 2 is 1.80 bits per heavy atom. The van der Waals surface area contributed by atoms with E-state index < -0.39 is 5.41 Å². The van der Waals surface area contributed by atoms with Gasteiger partial charge in [0, 0.05) is 24.4 Å². The quantitative estimate of drug-likeness (QED) is 0.622. The highest BCUT2D eigenvalue weighted by molar-refractivity contribution is 7.13. The maximum Gasteiger partial charge on any atom is 0.225 e. The fourth-order valence-corrected chi connectivity index (χ4v) is 4.96. The first-order chi connectivity index (χ1) is 14.6. The number of nitrogens with zero attached hydrogens (tertiary/aromatic N) is 1. The summed E-state index contributed by atoms with van der Waals surface area (Å²) in [7, 11) is 0. The van der Waals surface area contributed by atoms with E-state index in [4.69, 9.17) is 5.73 Å². The second kappa shape index (κ2) is 8.84. The number of hydrogen-bond acceptors (Lipinski definition) is 3. The van der Waals surface area contributed by atoms with Crippen molar-refractivity contribution in [1.82, 2.24) is 4.90 Å². The molecule has 2 heterocycles. The van der Waals surface area contributed by atoms with Gasteiger partial charge in [-0.05, 0) is 47.4 Å². The summed E-state index contributed by atoms with van der Waals surface area (Å²) in [5.74, 6) is -0.225. The molecule has 0 unspecified atom stereocenters. The molecule has 1 aliphatic rings. The van der Waals surface area contributed by atoms with Crippen molar-refractivity contribution < 1.29 is 9.59 Å². The van der Waals surface area contributed by atoms with E-state index in [-0.39, 0.29) is 11.8 Å². The number of rotatable bonds is 7. The number of likely N-dealkylation sites (tertiary alicyclic amines) is 1. The number of amides is 2. The lowest BCUT2D eigenvalue weighted by molar-refractivity contribution is -0.132. The molecule has 1 aliphatic heterocycles. The fourth-order valence-electron chi connectivity index (χ4n) is 4.24. The van der Waals surface area contributed by atoms with E-state index in [1.165, 1.54) is 4.88 Å². The minimum atomic E-state index is -0.698. The summed E-state index contributed by atoms with van der Waals surface area (Å²) in [6.07, 6.45) is 2.34. The van der Waals surface area contributed by atoms with Crippen molar-refractivity contribution >= 4 is 23.2 Å². The van der Waals surface area contributed by atoms with Crippen LogP contribution in [0, 0.1) is 5.41 Å². The normalized spacial score (nSPS) is 18.5. The number of thiophene rings is 1. The number of carbonyl (C=O) groups excluding carboxylic acids is 2. The van der Waals surface area contributed by atoms with E-state index in [2.05, 4.69) is 23.6 Å². The molecule has 4 rings (SSSR count). The van der Waals surface area contributed by atoms with Crippen LogP contribution >= 0.6 is 11.3 Å². The number of nitrogens with two attached hydrogens (primary N) is 1. The molecule has 2 N–H and O–H groups in total. The molecule has 0 bridgehead atoms. The van der Waals surface area contributed by atoms with Crippen LogP contribution in [0.25, 0.3) is 10.4 Å². The zero-order valence-electron chi connectivity index (χ0n) is 16.9. The van der Waals surface area contributed by atoms with Crippen molar-refractivity contribution in [2.75, 3.05) is 13.1 Å². The van der Waals surface area contributed by atoms with Gasteiger partial charge in [-0.15, -0.1) is 11.3 Å². The third-order valence-electron chi connectivity index (χ3n) is 5.97. The monoisotopic (exact) mass is 418 g/mol. The van der Waals surface area contributed by atoms with Crippen LogP contribution in [0.1, 0.15) is 24.0 Å². The van der Waals surface area contributed by atoms with Crippen LogP contribution in [0.4, 0.5) is 0 Å². The van der Waals surface area contributed by atoms with Crippen molar-refractivity contribution in [1.29, 1.82) is 0 Å². The molecule has 2 amide bonds. The van der Waals surface area contributed by atoms with E-state index in [0.717, 1.165) is 16.7 Å². The molecule has 4 nitrogen and oxygen atoms in total. The van der Waals surface area contributed by atoms with Crippen LogP contribution in [0.3, 0.4) is 0 Å². The van der Waals surface area contributed by atoms with Gasteiger partial charge in [-0.25, -0.2) is 0 Å². The Morgan fingerprint density at radius 1 is 1.00 bits per heavy atom. The van der Waals surface area contributed by atoms with Crippen molar-refractivity contribution in [3.05, 3.63) is 83.2 Å². The first kappa shape index (κ1) is 20.4. The van der Waals surface area contributed by atoms with E-state index in [1.807, 2.05) is 53.4 Å². The van der Waals surface area contributed by atoms with Gasteiger partial charge in [0.1, 0.15) is 0 Å². The largest absolute Gasteiger partial charge is 0.369 e. The van der Waals surface area contributed by atoms with Crippen LogP contribution in [-0.4, -0.2) is 29.8 Å². The molecular weight excluding hydrogens is 392 g/mol. The minimum Gasteiger partial charge on any atom is -0.369 e. The highest BCUT2D eigenvalue weighted by atomic mass is 32.1. The average molecular weight is 419 g/mol. The molecule has 0 aliphatic carbocycles. The first-order valence-electron chi connectivity index (χ1n) is 10.3. The van der Waals surface area contributed by atoms with Gasteiger partial charge in [-0.3, -0.25) is 9.59 Å². The van der Waals surface area contributed by atoms with Gasteiger partial charge in [-0.2, -0.15) is 0 Å². The van der Waals surface area contributed by atoms with E-state index in [9.17, 15) is 9.59 Å². The van der Waals surface area contributed by atoms with E-state index in [1.54, 1.807) is 11.3 Å². The summed E-state index contributed by atoms with van der Waals surface area (Å²) in [5, 5.41) is 2.06. The standard InChI is InChI=1S/C25H26N2O2S/c26-24(29)25(17-20-8-4-9-21(16-20)22-10-5-15-30-22)13-14-27(18-25)23(28)12-11-19-6-2-1-3-7-19/h1-10,15-16H,11-14,17-18H2,(H2,26,29)/t25-/m0/s1. The second-order valence-corrected chi connectivity index (χ2v) is 9.00. The van der Waals surface area contributed by atoms with E-state index >= 15 is 0 Å². The molecule has 0 saturated carbocycles. The Balaban J connectivity index is 1.44. The molecule has 1 atom stereocenters. The van der Waals surface area contributed by atoms with Gasteiger partial charge in [-0.1, -0.05) is 60.7 Å². The molecule has 0 spiro atoms. The summed E-state index contributed by atoms with van der Waals surface area (Å²) < 4.78 is 0. The summed E-state index contributed by atoms with van der Waals surface area (Å²) in [4.78, 5) is 28.3. The molecule has 0 radical (unpaired) electrons. The topological polar surface area (TPSA) is 63.4 Å². The van der Waals surface area contributed by atoms with Crippen LogP contribution < -0.4 is 5.73 Å². The molecule has 1 saturated heterocycles. The third-order valence-corrected chi connectivity index (χ3v) is 6.89. The third kappa shape index (κ3) is 4.46. The Morgan fingerprint density at radius 3 is 2.53 bits per heavy atom. The number of carbonyl (C=O) groups is 2. The van der Waals surface area contributed by atoms with Gasteiger partial charge < -0.3 is 10.6 Å². The highest BCUT2D eigenvalue weighted by Gasteiger charge is 2.44. The van der Waals surface area contributed by atoms with Crippen molar-refractivity contribution in [2.45, 2.75) is 25.7 Å². The van der Waals surface area contributed by atoms with E-state index in [0.29, 0.717) is 38.8 Å². The minimum absolute atomic E-state index is 0.0920. The lowest BCUT2D eigenvalue weighted by Gasteiger charge is -2.26. The number of benzene rings is 2. The second-order valence-electron chi connectivity index (χ2n) is 8.05. The zero-order valence-corrected chi connectivity index (χ0v) is 17.7. The summed E-state index contributed by atoms with van der Waals surface area (Å²) in [6, 6.07) is 22.4. The van der Waals surface area contributed by atoms with Gasteiger partial charge in [0.25, 0.3) is 0 Å². The Bertz CT molecular complexity index is 1020. The molecule has 1 fully saturated rings. The van der Waals surface area contributed by atoms with Crippen molar-refractivity contribution in [2.24, 2.45) is 11.1 Å². The van der Waals surface area contributed by atoms with Gasteiger partial charge in [0.2, 0.25) is 11.8 Å². The van der Waals surface area contributed by atoms with Crippen LogP contribution in [0.2, 0.25) is 0 Å². The lowest BCUT2D eigenvalue weighted by Crippen LogP contribution is -2.42. The molecule has 30 heavy (non-hydrogen) atoms. The molecule has 5 heteroatoms. The zero-order chi connectivity index (χ0) is 21.0. The van der Waals surface area contributed by atoms with Crippen LogP contribution in [-0.2, 0) is 22.4 Å². The Hall–Kier alpha value is -2.92. The Kier molecular flexibility index (Phi) is 6.00. The smallest absolute Gasteiger partial charge is 0.225 e. The van der Waals surface area contributed by atoms with Crippen LogP contribution in [0.15, 0.2) is 72.1 Å². The lowest BCUT2D eigenvalue weighted by atomic mass is 9.80. The average Bonchev–Trinajstić information content (AvgIpc) is 3.44. The van der Waals surface area contributed by atoms with Gasteiger partial charge in [0.05, 0.1) is 5.41 Å². The predicted octanol–water partition coefficient (Wildman–Crippen LogP) is 4.29. The predicted molar refractivity (Wildman–Crippen MR) is 121 cm³/mol. The SMILES string of the molecule is NC(=O)[C@]1(Cc2cccc(-c3cccs3)c2)CCN(C(=O)CCc2ccccc2)C1. The number of hydrogen-bond donors (Lipinski definition) is 1. The highest BCUT2D eigenvalue weighted by Crippen LogP contribution is 2.36. The van der Waals surface area contributed by atoms with Gasteiger partial charge >= 0.3 is 0 Å². The fraction of sp³-hybridized carbons (Fsp3) is 0.280. The van der Waals surface area contributed by atoms with Crippen molar-refractivity contribution in [3.8, 4) is 10.4 Å². The summed E-state index contributed by atoms with van der Waals surface area (Å²) >= 11 is 1.70. The number of primary amides is 1. The van der Waals surface area contributed by atoms with Crippen molar-refractivity contribution in [3.63, 3.8) is 0 Å². The first-order valence-corrected chi connectivity index (χ1v) is 11.2. The van der Waals surface area contributed by atoms with Gasteiger partial charge in [0.15, 0.2) is 0 Å². The Labute approximate surface area is 181 Å². The molecular formula is C25H26N2O2S. The molecule has 3 aromatic rings. The summed E-state index contributed by atoms with van der Waals surface area (Å²) in [6.45, 7) is 0.986. The maximum atomic E-state index is 12.8. The number of aryl methyl sites for hydroxylation is 1.